The third-order valence-electron chi connectivity index (χ3n) is 0. The Balaban J connectivity index is 0. The van der Waals surface area contributed by atoms with E-state index in [2.05, 4.69) is 0 Å². The Bertz CT molecular complexity index is 8.00. The third kappa shape index (κ3) is 9.05. The molecule has 4 heavy (non-hydrogen) atoms. The molecule has 0 bridgehead atoms. The molecule has 1 unspecified atom stereocenters. The second-order valence-electron chi connectivity index (χ2n) is 0. The van der Waals surface area contributed by atoms with Gasteiger partial charge in [-0.15, -0.1) is 0 Å². The summed E-state index contributed by atoms with van der Waals surface area (Å²) in [4.78, 5) is 0. The summed E-state index contributed by atoms with van der Waals surface area (Å²) >= 11 is 0. The number of hydrogen-bond acceptors (Lipinski definition) is 0. The van der Waals surface area contributed by atoms with Gasteiger partial charge in [0.05, 0.1) is 0 Å². The van der Waals surface area contributed by atoms with Crippen LogP contribution in [0.4, 0.5) is 0 Å². The Labute approximate surface area is 65.6 Å². The van der Waals surface area contributed by atoms with Crippen molar-refractivity contribution in [3.8, 4) is 0 Å². The quantitative estimate of drug-likeness (QED) is 0.353. The molecule has 0 fully saturated rings. The summed E-state index contributed by atoms with van der Waals surface area (Å²) in [5.41, 5.74) is 0. The van der Waals surface area contributed by atoms with Crippen LogP contribution in [0.25, 0.3) is 0 Å². The van der Waals surface area contributed by atoms with Gasteiger partial charge in [0.25, 0.3) is 0 Å². The maximum absolute atomic E-state index is 0. The molecule has 0 N–H and O–H groups in total. The SMILES string of the molecule is [AlH3].[AsH3].[GaH3].[SiH4]. The summed E-state index contributed by atoms with van der Waals surface area (Å²) < 4.78 is 0. The van der Waals surface area contributed by atoms with E-state index in [0.717, 1.165) is 0 Å². The summed E-state index contributed by atoms with van der Waals surface area (Å²) in [6, 6.07) is 0. The molecule has 0 amide bonds. The van der Waals surface area contributed by atoms with E-state index in [9.17, 15) is 0 Å². The minimum atomic E-state index is 0. The van der Waals surface area contributed by atoms with Gasteiger partial charge < -0.3 is 0 Å². The molecule has 0 rings (SSSR count). The fraction of sp³-hybridized carbons (Fsp3) is 0. The van der Waals surface area contributed by atoms with Crippen molar-refractivity contribution < 1.29 is 0 Å². The van der Waals surface area contributed by atoms with Crippen LogP contribution in [0, 0.1) is 0 Å². The van der Waals surface area contributed by atoms with E-state index in [1.807, 2.05) is 0 Å². The second kappa shape index (κ2) is 20.3. The van der Waals surface area contributed by atoms with Crippen LogP contribution in [-0.2, 0) is 0 Å². The zero-order valence-corrected chi connectivity index (χ0v) is 3.67. The zero-order chi connectivity index (χ0) is 0. The first-order chi connectivity index (χ1) is 0. The first kappa shape index (κ1) is 38.4. The summed E-state index contributed by atoms with van der Waals surface area (Å²) in [5, 5.41) is 0. The average Bonchev–Trinajstić information content (AvgIpc) is 0. The number of hydrogen-bond donors (Lipinski definition) is 0. The van der Waals surface area contributed by atoms with Gasteiger partial charge in [0, 0.05) is 0 Å². The molecule has 0 aromatic heterocycles. The van der Waals surface area contributed by atoms with Crippen LogP contribution in [-0.4, -0.2) is 66.1 Å². The Morgan fingerprint density at radius 3 is 1.00 bits per heavy atom. The Hall–Kier alpha value is 1.94. The normalized spacial score (nSPS) is 0. The predicted octanol–water partition coefficient (Wildman–Crippen LogP) is -5.00. The van der Waals surface area contributed by atoms with Gasteiger partial charge >= 0.3 is 37.7 Å². The van der Waals surface area contributed by atoms with Crippen molar-refractivity contribution in [2.45, 2.75) is 0 Å². The van der Waals surface area contributed by atoms with E-state index in [1.54, 1.807) is 0 Å². The van der Waals surface area contributed by atoms with E-state index in [0.29, 0.717) is 0 Å². The largest absolute Gasteiger partial charge is 0.0149 e. The fourth-order valence-electron chi connectivity index (χ4n) is 0. The van der Waals surface area contributed by atoms with Gasteiger partial charge in [-0.3, -0.25) is 0 Å². The molecule has 0 aliphatic heterocycles. The fourth-order valence-corrected chi connectivity index (χ4v) is 0. The Morgan fingerprint density at radius 1 is 1.00 bits per heavy atom. The van der Waals surface area contributed by atoms with Crippen LogP contribution in [0.3, 0.4) is 0 Å². The molecule has 0 spiro atoms. The van der Waals surface area contributed by atoms with Crippen molar-refractivity contribution in [2.75, 3.05) is 0 Å². The van der Waals surface area contributed by atoms with Crippen LogP contribution in [0.1, 0.15) is 0 Å². The van der Waals surface area contributed by atoms with E-state index in [4.69, 9.17) is 0 Å². The van der Waals surface area contributed by atoms with Gasteiger partial charge in [-0.25, -0.2) is 0 Å². The molecular weight excluding hydrogens is 200 g/mol. The van der Waals surface area contributed by atoms with Crippen LogP contribution < -0.4 is 0 Å². The van der Waals surface area contributed by atoms with Crippen LogP contribution in [0.5, 0.6) is 0 Å². The average molecular weight is 213 g/mol. The molecule has 0 nitrogen and oxygen atoms in total. The van der Waals surface area contributed by atoms with Crippen molar-refractivity contribution in [1.82, 2.24) is 0 Å². The molecule has 0 aliphatic rings. The monoisotopic (exact) mass is 212 g/mol. The summed E-state index contributed by atoms with van der Waals surface area (Å²) in [5.74, 6) is 0. The van der Waals surface area contributed by atoms with Crippen molar-refractivity contribution in [3.63, 3.8) is 0 Å². The molecule has 0 aromatic rings. The molecule has 0 radical (unpaired) electrons. The minimum Gasteiger partial charge on any atom is -0.0149 e. The first-order valence-electron chi connectivity index (χ1n) is 0. The van der Waals surface area contributed by atoms with Crippen LogP contribution in [0.2, 0.25) is 0 Å². The summed E-state index contributed by atoms with van der Waals surface area (Å²) in [6.45, 7) is 0. The molecule has 4 heteroatoms. The maximum atomic E-state index is 0. The second-order valence-corrected chi connectivity index (χ2v) is 0. The van der Waals surface area contributed by atoms with E-state index in [1.165, 1.54) is 0 Å². The Kier molecular flexibility index (Phi) is 196. The molecule has 0 saturated heterocycles. The van der Waals surface area contributed by atoms with Crippen LogP contribution >= 0.6 is 0 Å². The molecule has 0 saturated carbocycles. The third-order valence-corrected chi connectivity index (χ3v) is 0. The van der Waals surface area contributed by atoms with E-state index < -0.39 is 0 Å². The van der Waals surface area contributed by atoms with Crippen molar-refractivity contribution in [2.24, 2.45) is 0 Å². The Morgan fingerprint density at radius 2 is 1.00 bits per heavy atom. The predicted molar refractivity (Wildman–Crippen MR) is 41.2 cm³/mol. The summed E-state index contributed by atoms with van der Waals surface area (Å²) in [7, 11) is 0. The van der Waals surface area contributed by atoms with Gasteiger partial charge in [0.2, 0.25) is 0 Å². The standard InChI is InChI=1S/Al.AsH3.Ga.H4Si.6H/h;1H3;;1H4;;;;;;. The van der Waals surface area contributed by atoms with E-state index >= 15 is 0 Å². The molecule has 0 heterocycles. The molecule has 1 atom stereocenters. The summed E-state index contributed by atoms with van der Waals surface area (Å²) in [6.07, 6.45) is 0. The first-order valence-corrected chi connectivity index (χ1v) is 0. The smallest absolute Gasteiger partial charge is 0.0149 e. The number of rotatable bonds is 0. The van der Waals surface area contributed by atoms with E-state index in [-0.39, 0.29) is 66.1 Å². The van der Waals surface area contributed by atoms with Crippen LogP contribution in [0.15, 0.2) is 0 Å². The molecule has 0 aromatic carbocycles. The van der Waals surface area contributed by atoms with Crippen molar-refractivity contribution in [3.05, 3.63) is 0 Å². The zero-order valence-electron chi connectivity index (χ0n) is 0.707. The van der Waals surface area contributed by atoms with Gasteiger partial charge in [-0.2, -0.15) is 0 Å². The van der Waals surface area contributed by atoms with Gasteiger partial charge in [-0.05, 0) is 11.0 Å². The maximum Gasteiger partial charge on any atom is -0.0149 e. The molecule has 28 valence electrons. The minimum absolute atomic E-state index is 0. The molecular formula is H13AlAsGaSi. The van der Waals surface area contributed by atoms with Gasteiger partial charge in [0.1, 0.15) is 0 Å². The topological polar surface area (TPSA) is 0 Å². The van der Waals surface area contributed by atoms with Gasteiger partial charge in [0.15, 0.2) is 17.4 Å². The van der Waals surface area contributed by atoms with Gasteiger partial charge in [-0.1, -0.05) is 0 Å². The van der Waals surface area contributed by atoms with Crippen molar-refractivity contribution >= 4 is 66.1 Å². The molecule has 0 aliphatic carbocycles. The van der Waals surface area contributed by atoms with Crippen molar-refractivity contribution in [1.29, 1.82) is 0 Å².